The molecule has 0 aromatic heterocycles. The van der Waals surface area contributed by atoms with E-state index < -0.39 is 0 Å². The summed E-state index contributed by atoms with van der Waals surface area (Å²) in [4.78, 5) is 2.62. The Bertz CT molecular complexity index is 392. The Hall–Kier alpha value is -0.860. The molecule has 2 nitrogen and oxygen atoms in total. The van der Waals surface area contributed by atoms with Crippen molar-refractivity contribution in [2.45, 2.75) is 57.2 Å². The minimum atomic E-state index is -0.0543. The van der Waals surface area contributed by atoms with Gasteiger partial charge in [-0.3, -0.25) is 4.90 Å². The van der Waals surface area contributed by atoms with Crippen LogP contribution in [0.15, 0.2) is 30.3 Å². The van der Waals surface area contributed by atoms with Crippen LogP contribution in [0.1, 0.15) is 44.1 Å². The van der Waals surface area contributed by atoms with Crippen LogP contribution in [0.4, 0.5) is 0 Å². The number of aliphatic hydroxyl groups is 1. The minimum absolute atomic E-state index is 0.0543. The van der Waals surface area contributed by atoms with Crippen LogP contribution in [0, 0.1) is 5.92 Å². The highest BCUT2D eigenvalue weighted by Crippen LogP contribution is 2.35. The maximum absolute atomic E-state index is 10.2. The van der Waals surface area contributed by atoms with Crippen molar-refractivity contribution < 1.29 is 5.11 Å². The molecule has 1 saturated carbocycles. The average molecular weight is 259 g/mol. The Morgan fingerprint density at radius 2 is 1.84 bits per heavy atom. The first kappa shape index (κ1) is 13.1. The van der Waals surface area contributed by atoms with Crippen molar-refractivity contribution in [2.24, 2.45) is 5.92 Å². The van der Waals surface area contributed by atoms with Gasteiger partial charge in [-0.05, 0) is 37.8 Å². The summed E-state index contributed by atoms with van der Waals surface area (Å²) in [6, 6.07) is 11.4. The minimum Gasteiger partial charge on any atom is -0.393 e. The average Bonchev–Trinajstić information content (AvgIpc) is 2.87. The smallest absolute Gasteiger partial charge is 0.0583 e. The van der Waals surface area contributed by atoms with Gasteiger partial charge >= 0.3 is 0 Å². The molecule has 104 valence electrons. The first-order chi connectivity index (χ1) is 9.34. The summed E-state index contributed by atoms with van der Waals surface area (Å²) in [7, 11) is 0. The van der Waals surface area contributed by atoms with E-state index in [4.69, 9.17) is 0 Å². The second-order valence-corrected chi connectivity index (χ2v) is 6.18. The summed E-state index contributed by atoms with van der Waals surface area (Å²) in [6.07, 6.45) is 7.31. The van der Waals surface area contributed by atoms with Gasteiger partial charge in [0.25, 0.3) is 0 Å². The molecule has 0 radical (unpaired) electrons. The van der Waals surface area contributed by atoms with Crippen LogP contribution in [-0.2, 0) is 6.54 Å². The normalized spacial score (nSPS) is 32.6. The standard InChI is InChI=1S/C17H25NO/c19-17-11-6-9-15(17)16-10-4-5-12-18(16)13-14-7-2-1-3-8-14/h1-3,7-8,15-17,19H,4-6,9-13H2. The maximum Gasteiger partial charge on any atom is 0.0583 e. The molecule has 1 aliphatic carbocycles. The zero-order valence-electron chi connectivity index (χ0n) is 11.7. The van der Waals surface area contributed by atoms with E-state index in [9.17, 15) is 5.11 Å². The lowest BCUT2D eigenvalue weighted by molar-refractivity contribution is 0.0313. The van der Waals surface area contributed by atoms with Crippen molar-refractivity contribution in [1.82, 2.24) is 4.90 Å². The number of aliphatic hydroxyl groups excluding tert-OH is 1. The van der Waals surface area contributed by atoms with Gasteiger partial charge in [0, 0.05) is 18.5 Å². The summed E-state index contributed by atoms with van der Waals surface area (Å²) in [5.41, 5.74) is 1.40. The van der Waals surface area contributed by atoms with Gasteiger partial charge in [-0.2, -0.15) is 0 Å². The number of rotatable bonds is 3. The van der Waals surface area contributed by atoms with E-state index in [0.717, 1.165) is 13.0 Å². The number of hydrogen-bond donors (Lipinski definition) is 1. The van der Waals surface area contributed by atoms with Crippen LogP contribution in [-0.4, -0.2) is 28.7 Å². The number of benzene rings is 1. The molecule has 19 heavy (non-hydrogen) atoms. The summed E-state index contributed by atoms with van der Waals surface area (Å²) in [6.45, 7) is 2.25. The van der Waals surface area contributed by atoms with E-state index in [2.05, 4.69) is 35.2 Å². The SMILES string of the molecule is OC1CCCC1C1CCCCN1Cc1ccccc1. The Kier molecular flexibility index (Phi) is 4.19. The summed E-state index contributed by atoms with van der Waals surface area (Å²) in [5.74, 6) is 0.518. The first-order valence-corrected chi connectivity index (χ1v) is 7.80. The molecule has 2 heteroatoms. The van der Waals surface area contributed by atoms with Gasteiger partial charge in [0.2, 0.25) is 0 Å². The van der Waals surface area contributed by atoms with Crippen LogP contribution >= 0.6 is 0 Å². The Morgan fingerprint density at radius 3 is 2.58 bits per heavy atom. The number of nitrogens with zero attached hydrogens (tertiary/aromatic N) is 1. The molecular weight excluding hydrogens is 234 g/mol. The number of hydrogen-bond acceptors (Lipinski definition) is 2. The number of likely N-dealkylation sites (tertiary alicyclic amines) is 1. The molecule has 2 aliphatic rings. The van der Waals surface area contributed by atoms with Gasteiger partial charge in [0.1, 0.15) is 0 Å². The quantitative estimate of drug-likeness (QED) is 0.901. The molecule has 1 heterocycles. The highest BCUT2D eigenvalue weighted by molar-refractivity contribution is 5.14. The molecule has 0 amide bonds. The predicted molar refractivity (Wildman–Crippen MR) is 77.8 cm³/mol. The maximum atomic E-state index is 10.2. The molecule has 1 aromatic carbocycles. The second kappa shape index (κ2) is 6.06. The monoisotopic (exact) mass is 259 g/mol. The lowest BCUT2D eigenvalue weighted by Gasteiger charge is -2.40. The summed E-state index contributed by atoms with van der Waals surface area (Å²) in [5, 5.41) is 10.2. The van der Waals surface area contributed by atoms with Crippen molar-refractivity contribution in [2.75, 3.05) is 6.54 Å². The van der Waals surface area contributed by atoms with Gasteiger partial charge in [0.05, 0.1) is 6.10 Å². The Labute approximate surface area is 116 Å². The van der Waals surface area contributed by atoms with Gasteiger partial charge in [-0.25, -0.2) is 0 Å². The molecule has 3 rings (SSSR count). The zero-order valence-corrected chi connectivity index (χ0v) is 11.7. The molecule has 3 unspecified atom stereocenters. The molecule has 1 N–H and O–H groups in total. The van der Waals surface area contributed by atoms with Crippen LogP contribution in [0.5, 0.6) is 0 Å². The van der Waals surface area contributed by atoms with Crippen molar-refractivity contribution in [3.8, 4) is 0 Å². The summed E-state index contributed by atoms with van der Waals surface area (Å²) >= 11 is 0. The van der Waals surface area contributed by atoms with E-state index in [1.165, 1.54) is 44.2 Å². The zero-order chi connectivity index (χ0) is 13.1. The fourth-order valence-electron chi connectivity index (χ4n) is 3.93. The molecule has 0 bridgehead atoms. The van der Waals surface area contributed by atoms with Crippen LogP contribution < -0.4 is 0 Å². The molecule has 1 aliphatic heterocycles. The fraction of sp³-hybridized carbons (Fsp3) is 0.647. The van der Waals surface area contributed by atoms with E-state index in [1.54, 1.807) is 0 Å². The van der Waals surface area contributed by atoms with Crippen LogP contribution in [0.3, 0.4) is 0 Å². The molecule has 2 fully saturated rings. The Balaban J connectivity index is 1.70. The number of piperidine rings is 1. The first-order valence-electron chi connectivity index (χ1n) is 7.80. The van der Waals surface area contributed by atoms with Crippen molar-refractivity contribution in [3.05, 3.63) is 35.9 Å². The lowest BCUT2D eigenvalue weighted by atomic mass is 9.87. The molecule has 3 atom stereocenters. The third-order valence-electron chi connectivity index (χ3n) is 4.92. The highest BCUT2D eigenvalue weighted by Gasteiger charge is 2.36. The Morgan fingerprint density at radius 1 is 1.00 bits per heavy atom. The third-order valence-corrected chi connectivity index (χ3v) is 4.92. The topological polar surface area (TPSA) is 23.5 Å². The molecule has 1 saturated heterocycles. The van der Waals surface area contributed by atoms with E-state index >= 15 is 0 Å². The van der Waals surface area contributed by atoms with Crippen LogP contribution in [0.25, 0.3) is 0 Å². The van der Waals surface area contributed by atoms with Crippen LogP contribution in [0.2, 0.25) is 0 Å². The van der Waals surface area contributed by atoms with Crippen molar-refractivity contribution in [3.63, 3.8) is 0 Å². The summed E-state index contributed by atoms with van der Waals surface area (Å²) < 4.78 is 0. The fourth-order valence-corrected chi connectivity index (χ4v) is 3.93. The van der Waals surface area contributed by atoms with Crippen molar-refractivity contribution >= 4 is 0 Å². The predicted octanol–water partition coefficient (Wildman–Crippen LogP) is 3.20. The van der Waals surface area contributed by atoms with E-state index in [1.807, 2.05) is 0 Å². The second-order valence-electron chi connectivity index (χ2n) is 6.18. The lowest BCUT2D eigenvalue weighted by Crippen LogP contribution is -2.45. The van der Waals surface area contributed by atoms with E-state index in [0.29, 0.717) is 12.0 Å². The van der Waals surface area contributed by atoms with Gasteiger partial charge in [0.15, 0.2) is 0 Å². The van der Waals surface area contributed by atoms with Gasteiger partial charge in [-0.1, -0.05) is 43.2 Å². The highest BCUT2D eigenvalue weighted by atomic mass is 16.3. The van der Waals surface area contributed by atoms with E-state index in [-0.39, 0.29) is 6.10 Å². The van der Waals surface area contributed by atoms with Gasteiger partial charge < -0.3 is 5.11 Å². The molecule has 1 aromatic rings. The largest absolute Gasteiger partial charge is 0.393 e. The van der Waals surface area contributed by atoms with Gasteiger partial charge in [-0.15, -0.1) is 0 Å². The molecular formula is C17H25NO. The third kappa shape index (κ3) is 3.01. The molecule has 0 spiro atoms. The van der Waals surface area contributed by atoms with Crippen molar-refractivity contribution in [1.29, 1.82) is 0 Å².